The van der Waals surface area contributed by atoms with E-state index < -0.39 is 20.0 Å². The molecule has 2 N–H and O–H groups in total. The van der Waals surface area contributed by atoms with Crippen molar-refractivity contribution >= 4 is 48.9 Å². The first-order valence-corrected chi connectivity index (χ1v) is 11.3. The number of anilines is 2. The van der Waals surface area contributed by atoms with Gasteiger partial charge >= 0.3 is 0 Å². The van der Waals surface area contributed by atoms with Gasteiger partial charge in [-0.3, -0.25) is 9.52 Å². The number of carbonyl (C=O) groups is 1. The van der Waals surface area contributed by atoms with E-state index in [1.807, 2.05) is 0 Å². The highest BCUT2D eigenvalue weighted by Crippen LogP contribution is 2.28. The number of hydrogen-bond acceptors (Lipinski definition) is 5. The molecule has 8 nitrogen and oxygen atoms in total. The molecule has 152 valence electrons. The lowest BCUT2D eigenvalue weighted by Gasteiger charge is -2.15. The van der Waals surface area contributed by atoms with Crippen molar-refractivity contribution in [2.24, 2.45) is 0 Å². The Balaban J connectivity index is 2.42. The predicted molar refractivity (Wildman–Crippen MR) is 109 cm³/mol. The van der Waals surface area contributed by atoms with Gasteiger partial charge in [0.2, 0.25) is 15.9 Å². The van der Waals surface area contributed by atoms with Crippen LogP contribution in [0.25, 0.3) is 0 Å². The maximum Gasteiger partial charge on any atom is 0.261 e. The summed E-state index contributed by atoms with van der Waals surface area (Å²) < 4.78 is 53.5. The first-order chi connectivity index (χ1) is 12.8. The van der Waals surface area contributed by atoms with Gasteiger partial charge in [-0.1, -0.05) is 17.7 Å². The van der Waals surface area contributed by atoms with Crippen molar-refractivity contribution in [3.05, 3.63) is 47.0 Å². The minimum Gasteiger partial charge on any atom is -0.325 e. The third-order valence-corrected chi connectivity index (χ3v) is 7.28. The largest absolute Gasteiger partial charge is 0.325 e. The molecule has 0 heterocycles. The molecule has 0 radical (unpaired) electrons. The van der Waals surface area contributed by atoms with Crippen LogP contribution in [0.2, 0.25) is 5.02 Å². The van der Waals surface area contributed by atoms with Crippen LogP contribution in [0.4, 0.5) is 11.4 Å². The van der Waals surface area contributed by atoms with Gasteiger partial charge in [0.05, 0.1) is 26.2 Å². The second-order valence-corrected chi connectivity index (χ2v) is 10.4. The lowest BCUT2D eigenvalue weighted by atomic mass is 10.2. The van der Waals surface area contributed by atoms with Gasteiger partial charge in [0.25, 0.3) is 10.0 Å². The standard InChI is InChI=1S/C17H20ClN3O5S2/c1-11-5-6-14(28(25,26)21(3)4)10-17(11)20-27(23,24)13-7-8-16(15(18)9-13)19-12(2)22/h5-10,20H,1-4H3,(H,19,22). The first-order valence-electron chi connectivity index (χ1n) is 7.98. The van der Waals surface area contributed by atoms with Gasteiger partial charge in [-0.05, 0) is 42.8 Å². The third-order valence-electron chi connectivity index (χ3n) is 3.79. The van der Waals surface area contributed by atoms with Crippen molar-refractivity contribution in [2.75, 3.05) is 24.1 Å². The van der Waals surface area contributed by atoms with Gasteiger partial charge in [-0.2, -0.15) is 0 Å². The van der Waals surface area contributed by atoms with Crippen LogP contribution in [0.3, 0.4) is 0 Å². The number of aryl methyl sites for hydroxylation is 1. The number of halogens is 1. The number of nitrogens with one attached hydrogen (secondary N) is 2. The van der Waals surface area contributed by atoms with Gasteiger partial charge in [-0.15, -0.1) is 0 Å². The van der Waals surface area contributed by atoms with E-state index in [-0.39, 0.29) is 32.1 Å². The highest BCUT2D eigenvalue weighted by atomic mass is 35.5. The molecule has 0 saturated carbocycles. The third kappa shape index (κ3) is 4.82. The van der Waals surface area contributed by atoms with E-state index >= 15 is 0 Å². The predicted octanol–water partition coefficient (Wildman–Crippen LogP) is 2.66. The second kappa shape index (κ2) is 8.08. The number of benzene rings is 2. The SMILES string of the molecule is CC(=O)Nc1ccc(S(=O)(=O)Nc2cc(S(=O)(=O)N(C)C)ccc2C)cc1Cl. The van der Waals surface area contributed by atoms with Gasteiger partial charge in [0, 0.05) is 21.0 Å². The molecule has 28 heavy (non-hydrogen) atoms. The van der Waals surface area contributed by atoms with Gasteiger partial charge < -0.3 is 5.32 Å². The van der Waals surface area contributed by atoms with Crippen LogP contribution in [-0.2, 0) is 24.8 Å². The lowest BCUT2D eigenvalue weighted by molar-refractivity contribution is -0.114. The van der Waals surface area contributed by atoms with E-state index in [2.05, 4.69) is 10.0 Å². The minimum atomic E-state index is -4.04. The smallest absolute Gasteiger partial charge is 0.261 e. The van der Waals surface area contributed by atoms with Crippen molar-refractivity contribution in [2.45, 2.75) is 23.6 Å². The fourth-order valence-corrected chi connectivity index (χ4v) is 4.61. The zero-order valence-electron chi connectivity index (χ0n) is 15.6. The average molecular weight is 446 g/mol. The highest BCUT2D eigenvalue weighted by Gasteiger charge is 2.21. The molecule has 2 aromatic rings. The van der Waals surface area contributed by atoms with E-state index in [1.165, 1.54) is 57.4 Å². The topological polar surface area (TPSA) is 113 Å². The van der Waals surface area contributed by atoms with E-state index in [9.17, 15) is 21.6 Å². The zero-order chi connectivity index (χ0) is 21.3. The van der Waals surface area contributed by atoms with Crippen LogP contribution in [-0.4, -0.2) is 41.1 Å². The number of carbonyl (C=O) groups excluding carboxylic acids is 1. The van der Waals surface area contributed by atoms with Crippen LogP contribution in [0.1, 0.15) is 12.5 Å². The Labute approximate surface area is 169 Å². The second-order valence-electron chi connectivity index (χ2n) is 6.19. The van der Waals surface area contributed by atoms with Gasteiger partial charge in [0.1, 0.15) is 0 Å². The molecule has 2 aromatic carbocycles. The molecule has 0 unspecified atom stereocenters. The Morgan fingerprint density at radius 2 is 1.57 bits per heavy atom. The summed E-state index contributed by atoms with van der Waals surface area (Å²) in [5, 5.41) is 2.54. The summed E-state index contributed by atoms with van der Waals surface area (Å²) in [7, 11) is -4.99. The molecular weight excluding hydrogens is 426 g/mol. The van der Waals surface area contributed by atoms with E-state index in [1.54, 1.807) is 6.92 Å². The number of rotatable bonds is 6. The van der Waals surface area contributed by atoms with Crippen molar-refractivity contribution in [3.63, 3.8) is 0 Å². The van der Waals surface area contributed by atoms with E-state index in [0.29, 0.717) is 5.56 Å². The quantitative estimate of drug-likeness (QED) is 0.709. The fraction of sp³-hybridized carbons (Fsp3) is 0.235. The molecule has 0 aromatic heterocycles. The Morgan fingerprint density at radius 1 is 0.964 bits per heavy atom. The highest BCUT2D eigenvalue weighted by molar-refractivity contribution is 7.92. The van der Waals surface area contributed by atoms with Crippen LogP contribution in [0.15, 0.2) is 46.2 Å². The van der Waals surface area contributed by atoms with E-state index in [4.69, 9.17) is 11.6 Å². The van der Waals surface area contributed by atoms with Crippen LogP contribution in [0.5, 0.6) is 0 Å². The summed E-state index contributed by atoms with van der Waals surface area (Å²) in [6, 6.07) is 8.04. The molecule has 0 spiro atoms. The number of hydrogen-bond donors (Lipinski definition) is 2. The van der Waals surface area contributed by atoms with Crippen molar-refractivity contribution < 1.29 is 21.6 Å². The molecule has 0 aliphatic heterocycles. The van der Waals surface area contributed by atoms with Crippen molar-refractivity contribution in [1.29, 1.82) is 0 Å². The molecule has 0 atom stereocenters. The van der Waals surface area contributed by atoms with Crippen LogP contribution in [0, 0.1) is 6.92 Å². The number of nitrogens with zero attached hydrogens (tertiary/aromatic N) is 1. The molecule has 0 fully saturated rings. The van der Waals surface area contributed by atoms with E-state index in [0.717, 1.165) is 4.31 Å². The number of sulfonamides is 2. The number of amides is 1. The Hall–Kier alpha value is -2.14. The molecule has 0 aliphatic carbocycles. The molecule has 0 aliphatic rings. The summed E-state index contributed by atoms with van der Waals surface area (Å²) in [6.07, 6.45) is 0. The molecular formula is C17H20ClN3O5S2. The summed E-state index contributed by atoms with van der Waals surface area (Å²) in [6.45, 7) is 2.96. The zero-order valence-corrected chi connectivity index (χ0v) is 18.0. The summed E-state index contributed by atoms with van der Waals surface area (Å²) >= 11 is 6.04. The molecule has 0 saturated heterocycles. The van der Waals surface area contributed by atoms with Crippen molar-refractivity contribution in [1.82, 2.24) is 4.31 Å². The summed E-state index contributed by atoms with van der Waals surface area (Å²) in [5.74, 6) is -0.342. The fourth-order valence-electron chi connectivity index (χ4n) is 2.24. The Kier molecular flexibility index (Phi) is 6.39. The molecule has 2 rings (SSSR count). The Bertz CT molecular complexity index is 1130. The monoisotopic (exact) mass is 445 g/mol. The van der Waals surface area contributed by atoms with Crippen LogP contribution >= 0.6 is 11.6 Å². The summed E-state index contributed by atoms with van der Waals surface area (Å²) in [5.41, 5.74) is 0.954. The van der Waals surface area contributed by atoms with Gasteiger partial charge in [0.15, 0.2) is 0 Å². The van der Waals surface area contributed by atoms with Crippen molar-refractivity contribution in [3.8, 4) is 0 Å². The van der Waals surface area contributed by atoms with Crippen LogP contribution < -0.4 is 10.0 Å². The summed E-state index contributed by atoms with van der Waals surface area (Å²) in [4.78, 5) is 11.0. The first kappa shape index (κ1) is 22.2. The maximum atomic E-state index is 12.7. The average Bonchev–Trinajstić information content (AvgIpc) is 2.57. The molecule has 0 bridgehead atoms. The lowest BCUT2D eigenvalue weighted by Crippen LogP contribution is -2.22. The van der Waals surface area contributed by atoms with Gasteiger partial charge in [-0.25, -0.2) is 21.1 Å². The minimum absolute atomic E-state index is 0.0418. The molecule has 1 amide bonds. The molecule has 11 heteroatoms. The Morgan fingerprint density at radius 3 is 2.11 bits per heavy atom. The maximum absolute atomic E-state index is 12.7. The normalized spacial score (nSPS) is 12.1.